The summed E-state index contributed by atoms with van der Waals surface area (Å²) in [6.45, 7) is 0. The quantitative estimate of drug-likeness (QED) is 0.436. The van der Waals surface area contributed by atoms with Crippen LogP contribution in [0.2, 0.25) is 0 Å². The number of rotatable bonds is 4. The third kappa shape index (κ3) is 6.54. The van der Waals surface area contributed by atoms with Gasteiger partial charge in [-0.2, -0.15) is 0 Å². The average Bonchev–Trinajstić information content (AvgIpc) is 2.65. The summed E-state index contributed by atoms with van der Waals surface area (Å²) in [5.41, 5.74) is 6.00. The van der Waals surface area contributed by atoms with Gasteiger partial charge in [-0.05, 0) is 48.8 Å². The van der Waals surface area contributed by atoms with E-state index in [0.29, 0.717) is 0 Å². The first-order valence-corrected chi connectivity index (χ1v) is 8.72. The van der Waals surface area contributed by atoms with Crippen molar-refractivity contribution >= 4 is 35.2 Å². The molecule has 0 aliphatic heterocycles. The minimum absolute atomic E-state index is 0.0229. The smallest absolute Gasteiger partial charge is 0.250 e. The largest absolute Gasteiger partial charge is 0.497 e. The molecule has 0 bridgehead atoms. The zero-order chi connectivity index (χ0) is 18.1. The molecule has 25 heavy (non-hydrogen) atoms. The number of amides is 2. The molecule has 0 atom stereocenters. The molecule has 0 spiro atoms. The molecule has 3 N–H and O–H groups in total. The molecule has 1 saturated carbocycles. The number of methoxy groups -OCH3 is 1. The first-order chi connectivity index (χ1) is 12.1. The molecule has 7 heteroatoms. The van der Waals surface area contributed by atoms with Gasteiger partial charge < -0.3 is 4.74 Å². The van der Waals surface area contributed by atoms with E-state index in [1.54, 1.807) is 13.2 Å². The van der Waals surface area contributed by atoms with Crippen molar-refractivity contribution in [3.63, 3.8) is 0 Å². The topological polar surface area (TPSA) is 79.5 Å². The number of thiocarbonyl (C=S) groups is 1. The Kier molecular flexibility index (Phi) is 7.40. The molecule has 0 heterocycles. The maximum absolute atomic E-state index is 12.0. The second-order valence-corrected chi connectivity index (χ2v) is 6.28. The van der Waals surface area contributed by atoms with Crippen LogP contribution in [0.3, 0.4) is 0 Å². The maximum Gasteiger partial charge on any atom is 0.250 e. The number of hydrogen-bond acceptors (Lipinski definition) is 4. The summed E-state index contributed by atoms with van der Waals surface area (Å²) < 4.78 is 5.07. The Morgan fingerprint density at radius 3 is 2.44 bits per heavy atom. The van der Waals surface area contributed by atoms with Crippen molar-refractivity contribution in [1.29, 1.82) is 0 Å². The highest BCUT2D eigenvalue weighted by Gasteiger charge is 2.20. The second-order valence-electron chi connectivity index (χ2n) is 5.87. The predicted molar refractivity (Wildman–Crippen MR) is 101 cm³/mol. The normalized spacial score (nSPS) is 14.8. The first kappa shape index (κ1) is 18.9. The Morgan fingerprint density at radius 1 is 1.12 bits per heavy atom. The van der Waals surface area contributed by atoms with Crippen molar-refractivity contribution in [1.82, 2.24) is 16.2 Å². The molecule has 0 aromatic heterocycles. The van der Waals surface area contributed by atoms with Crippen LogP contribution < -0.4 is 20.9 Å². The van der Waals surface area contributed by atoms with E-state index in [1.807, 2.05) is 24.3 Å². The van der Waals surface area contributed by atoms with Crippen LogP contribution in [-0.2, 0) is 9.59 Å². The van der Waals surface area contributed by atoms with Crippen LogP contribution in [0.4, 0.5) is 0 Å². The number of nitrogens with one attached hydrogen (secondary N) is 3. The number of carbonyl (C=O) groups is 2. The fraction of sp³-hybridized carbons (Fsp3) is 0.389. The van der Waals surface area contributed by atoms with Gasteiger partial charge in [-0.25, -0.2) is 0 Å². The Labute approximate surface area is 153 Å². The van der Waals surface area contributed by atoms with Gasteiger partial charge in [0, 0.05) is 12.0 Å². The molecule has 1 fully saturated rings. The molecule has 1 aliphatic rings. The van der Waals surface area contributed by atoms with Crippen LogP contribution in [0.1, 0.15) is 37.7 Å². The molecular formula is C18H23N3O3S. The Bertz CT molecular complexity index is 637. The third-order valence-electron chi connectivity index (χ3n) is 4.05. The summed E-state index contributed by atoms with van der Waals surface area (Å²) in [5, 5.41) is 2.55. The van der Waals surface area contributed by atoms with Gasteiger partial charge in [0.2, 0.25) is 11.8 Å². The number of hydrogen-bond donors (Lipinski definition) is 3. The SMILES string of the molecule is COc1ccc(C=CC(=O)NC(=S)NNC(=O)C2CCCCC2)cc1. The second kappa shape index (κ2) is 9.78. The third-order valence-corrected chi connectivity index (χ3v) is 4.26. The van der Waals surface area contributed by atoms with Crippen LogP contribution in [0, 0.1) is 5.92 Å². The van der Waals surface area contributed by atoms with E-state index < -0.39 is 0 Å². The summed E-state index contributed by atoms with van der Waals surface area (Å²) in [6, 6.07) is 7.29. The lowest BCUT2D eigenvalue weighted by molar-refractivity contribution is -0.126. The summed E-state index contributed by atoms with van der Waals surface area (Å²) in [7, 11) is 1.60. The van der Waals surface area contributed by atoms with Gasteiger partial charge in [-0.3, -0.25) is 25.8 Å². The van der Waals surface area contributed by atoms with Crippen molar-refractivity contribution in [3.05, 3.63) is 35.9 Å². The Balaban J connectivity index is 1.72. The highest BCUT2D eigenvalue weighted by atomic mass is 32.1. The van der Waals surface area contributed by atoms with E-state index in [2.05, 4.69) is 16.2 Å². The highest BCUT2D eigenvalue weighted by Crippen LogP contribution is 2.23. The van der Waals surface area contributed by atoms with E-state index >= 15 is 0 Å². The van der Waals surface area contributed by atoms with Crippen molar-refractivity contribution < 1.29 is 14.3 Å². The Hall–Kier alpha value is -2.41. The van der Waals surface area contributed by atoms with Gasteiger partial charge in [0.05, 0.1) is 7.11 Å². The molecule has 1 aromatic carbocycles. The zero-order valence-corrected chi connectivity index (χ0v) is 15.0. The van der Waals surface area contributed by atoms with Gasteiger partial charge in [0.15, 0.2) is 5.11 Å². The van der Waals surface area contributed by atoms with Gasteiger partial charge >= 0.3 is 0 Å². The fourth-order valence-electron chi connectivity index (χ4n) is 2.66. The molecule has 6 nitrogen and oxygen atoms in total. The van der Waals surface area contributed by atoms with Crippen molar-refractivity contribution in [2.24, 2.45) is 5.92 Å². The van der Waals surface area contributed by atoms with Gasteiger partial charge in [0.25, 0.3) is 0 Å². The minimum Gasteiger partial charge on any atom is -0.497 e. The molecule has 134 valence electrons. The van der Waals surface area contributed by atoms with Crippen LogP contribution >= 0.6 is 12.2 Å². The first-order valence-electron chi connectivity index (χ1n) is 8.31. The van der Waals surface area contributed by atoms with E-state index in [0.717, 1.165) is 37.0 Å². The van der Waals surface area contributed by atoms with Crippen molar-refractivity contribution in [3.8, 4) is 5.75 Å². The average molecular weight is 361 g/mol. The Morgan fingerprint density at radius 2 is 1.80 bits per heavy atom. The lowest BCUT2D eigenvalue weighted by Crippen LogP contribution is -2.50. The summed E-state index contributed by atoms with van der Waals surface area (Å²) in [5.74, 6) is 0.320. The number of carbonyl (C=O) groups excluding carboxylic acids is 2. The van der Waals surface area contributed by atoms with E-state index in [4.69, 9.17) is 17.0 Å². The number of ether oxygens (including phenoxy) is 1. The predicted octanol–water partition coefficient (Wildman–Crippen LogP) is 2.31. The van der Waals surface area contributed by atoms with Crippen molar-refractivity contribution in [2.45, 2.75) is 32.1 Å². The summed E-state index contributed by atoms with van der Waals surface area (Å²) in [4.78, 5) is 23.8. The van der Waals surface area contributed by atoms with Crippen LogP contribution in [0.5, 0.6) is 5.75 Å². The molecule has 1 aromatic rings. The summed E-state index contributed by atoms with van der Waals surface area (Å²) >= 11 is 5.01. The molecule has 0 unspecified atom stereocenters. The van der Waals surface area contributed by atoms with Gasteiger partial charge in [-0.15, -0.1) is 0 Å². The number of hydrazine groups is 1. The number of benzene rings is 1. The van der Waals surface area contributed by atoms with Gasteiger partial charge in [-0.1, -0.05) is 31.4 Å². The monoisotopic (exact) mass is 361 g/mol. The maximum atomic E-state index is 12.0. The van der Waals surface area contributed by atoms with Crippen LogP contribution in [0.15, 0.2) is 30.3 Å². The van der Waals surface area contributed by atoms with Crippen LogP contribution in [0.25, 0.3) is 6.08 Å². The fourth-order valence-corrected chi connectivity index (χ4v) is 2.81. The summed E-state index contributed by atoms with van der Waals surface area (Å²) in [6.07, 6.45) is 8.18. The van der Waals surface area contributed by atoms with Crippen molar-refractivity contribution in [2.75, 3.05) is 7.11 Å². The lowest BCUT2D eigenvalue weighted by atomic mass is 9.89. The van der Waals surface area contributed by atoms with Gasteiger partial charge in [0.1, 0.15) is 5.75 Å². The van der Waals surface area contributed by atoms with E-state index in [1.165, 1.54) is 12.5 Å². The van der Waals surface area contributed by atoms with E-state index in [-0.39, 0.29) is 22.8 Å². The highest BCUT2D eigenvalue weighted by molar-refractivity contribution is 7.80. The molecule has 1 aliphatic carbocycles. The van der Waals surface area contributed by atoms with E-state index in [9.17, 15) is 9.59 Å². The zero-order valence-electron chi connectivity index (χ0n) is 14.2. The van der Waals surface area contributed by atoms with Crippen LogP contribution in [-0.4, -0.2) is 24.0 Å². The lowest BCUT2D eigenvalue weighted by Gasteiger charge is -2.21. The molecule has 0 saturated heterocycles. The molecule has 2 rings (SSSR count). The molecule has 2 amide bonds. The standard InChI is InChI=1S/C18H23N3O3S/c1-24-15-10-7-13(8-11-15)9-12-16(22)19-18(25)21-20-17(23)14-5-3-2-4-6-14/h7-12,14H,2-6H2,1H3,(H,20,23)(H2,19,21,22,25). The minimum atomic E-state index is -0.375. The molecule has 0 radical (unpaired) electrons. The molecular weight excluding hydrogens is 338 g/mol.